The Hall–Kier alpha value is -6.45. The van der Waals surface area contributed by atoms with Gasteiger partial charge in [0.1, 0.15) is 0 Å². The van der Waals surface area contributed by atoms with E-state index < -0.39 is 0 Å². The summed E-state index contributed by atoms with van der Waals surface area (Å²) in [5.74, 6) is 0. The second-order valence-corrected chi connectivity index (χ2v) is 11.1. The summed E-state index contributed by atoms with van der Waals surface area (Å²) in [7, 11) is 0. The SMILES string of the molecule is N#Cc1ccc(-c2nc3nccnc3nc2-c2ccc3cc(-n4c5ccccc5c5cc6ccccc6cc54)ccc3c2)cc1. The molecule has 0 aliphatic heterocycles. The number of fused-ring (bicyclic) bond motifs is 6. The molecule has 0 bridgehead atoms. The summed E-state index contributed by atoms with van der Waals surface area (Å²) in [5, 5.41) is 16.5. The fourth-order valence-electron chi connectivity index (χ4n) is 6.36. The van der Waals surface area contributed by atoms with Gasteiger partial charge in [0, 0.05) is 40.0 Å². The van der Waals surface area contributed by atoms with E-state index in [0.29, 0.717) is 28.2 Å². The zero-order chi connectivity index (χ0) is 29.9. The van der Waals surface area contributed by atoms with Gasteiger partial charge < -0.3 is 4.57 Å². The molecule has 6 aromatic carbocycles. The first-order valence-electron chi connectivity index (χ1n) is 14.7. The highest BCUT2D eigenvalue weighted by Crippen LogP contribution is 2.37. The highest BCUT2D eigenvalue weighted by Gasteiger charge is 2.17. The van der Waals surface area contributed by atoms with Crippen LogP contribution < -0.4 is 0 Å². The summed E-state index contributed by atoms with van der Waals surface area (Å²) in [6.07, 6.45) is 3.24. The number of rotatable bonds is 3. The van der Waals surface area contributed by atoms with E-state index >= 15 is 0 Å². The Morgan fingerprint density at radius 1 is 0.511 bits per heavy atom. The molecule has 0 fully saturated rings. The third kappa shape index (κ3) is 4.03. The molecule has 9 aromatic rings. The first-order chi connectivity index (χ1) is 22.2. The van der Waals surface area contributed by atoms with E-state index in [1.54, 1.807) is 24.5 Å². The Bertz CT molecular complexity index is 2660. The van der Waals surface area contributed by atoms with Gasteiger partial charge in [0.05, 0.1) is 34.1 Å². The van der Waals surface area contributed by atoms with Crippen molar-refractivity contribution in [3.8, 4) is 34.3 Å². The Labute approximate surface area is 257 Å². The smallest absolute Gasteiger partial charge is 0.198 e. The first-order valence-corrected chi connectivity index (χ1v) is 14.7. The predicted octanol–water partition coefficient (Wildman–Crippen LogP) is 9.03. The molecule has 6 nitrogen and oxygen atoms in total. The lowest BCUT2D eigenvalue weighted by Gasteiger charge is -2.12. The summed E-state index contributed by atoms with van der Waals surface area (Å²) in [6, 6.07) is 44.3. The maximum atomic E-state index is 9.30. The number of benzene rings is 6. The van der Waals surface area contributed by atoms with Gasteiger partial charge in [-0.25, -0.2) is 19.9 Å². The van der Waals surface area contributed by atoms with E-state index in [9.17, 15) is 5.26 Å². The monoisotopic (exact) mass is 574 g/mol. The minimum atomic E-state index is 0.477. The Balaban J connectivity index is 1.22. The maximum Gasteiger partial charge on any atom is 0.198 e. The second kappa shape index (κ2) is 9.80. The van der Waals surface area contributed by atoms with Gasteiger partial charge in [-0.2, -0.15) is 5.26 Å². The van der Waals surface area contributed by atoms with E-state index in [0.717, 1.165) is 27.6 Å². The van der Waals surface area contributed by atoms with Crippen molar-refractivity contribution >= 4 is 54.6 Å². The van der Waals surface area contributed by atoms with E-state index in [2.05, 4.69) is 118 Å². The van der Waals surface area contributed by atoms with Crippen LogP contribution in [0, 0.1) is 11.3 Å². The molecule has 0 N–H and O–H groups in total. The quantitative estimate of drug-likeness (QED) is 0.210. The molecule has 3 aromatic heterocycles. The average Bonchev–Trinajstić information content (AvgIpc) is 3.42. The largest absolute Gasteiger partial charge is 0.309 e. The van der Waals surface area contributed by atoms with Crippen molar-refractivity contribution < 1.29 is 0 Å². The lowest BCUT2D eigenvalue weighted by Crippen LogP contribution is -1.98. The number of nitriles is 1. The summed E-state index contributed by atoms with van der Waals surface area (Å²) in [6.45, 7) is 0. The Morgan fingerprint density at radius 2 is 1.13 bits per heavy atom. The van der Waals surface area contributed by atoms with E-state index in [4.69, 9.17) is 9.97 Å². The summed E-state index contributed by atoms with van der Waals surface area (Å²) in [4.78, 5) is 18.6. The molecule has 0 saturated heterocycles. The molecule has 0 aliphatic carbocycles. The van der Waals surface area contributed by atoms with Gasteiger partial charge in [-0.1, -0.05) is 72.8 Å². The van der Waals surface area contributed by atoms with Gasteiger partial charge in [-0.05, 0) is 70.1 Å². The van der Waals surface area contributed by atoms with Crippen molar-refractivity contribution in [2.24, 2.45) is 0 Å². The van der Waals surface area contributed by atoms with Crippen LogP contribution in [0.3, 0.4) is 0 Å². The lowest BCUT2D eigenvalue weighted by atomic mass is 10.00. The molecular weight excluding hydrogens is 552 g/mol. The normalized spacial score (nSPS) is 11.5. The molecule has 0 unspecified atom stereocenters. The molecule has 3 heterocycles. The third-order valence-electron chi connectivity index (χ3n) is 8.50. The molecule has 0 atom stereocenters. The average molecular weight is 575 g/mol. The number of nitrogens with zero attached hydrogens (tertiary/aromatic N) is 6. The standard InChI is InChI=1S/C39H22N6/c40-23-24-9-11-25(12-10-24)36-37(44-39-38(43-36)41-17-18-42-39)30-14-13-29-20-31(16-15-28(29)19-30)45-34-8-4-3-7-32(34)33-21-26-5-1-2-6-27(26)22-35(33)45/h1-22H. The maximum absolute atomic E-state index is 9.30. The van der Waals surface area contributed by atoms with Crippen LogP contribution in [0.15, 0.2) is 134 Å². The van der Waals surface area contributed by atoms with Crippen LogP contribution in [0.4, 0.5) is 0 Å². The van der Waals surface area contributed by atoms with Gasteiger partial charge in [0.25, 0.3) is 0 Å². The van der Waals surface area contributed by atoms with Gasteiger partial charge in [0.2, 0.25) is 0 Å². The highest BCUT2D eigenvalue weighted by atomic mass is 15.0. The molecule has 0 aliphatic rings. The van der Waals surface area contributed by atoms with Crippen LogP contribution in [0.1, 0.15) is 5.56 Å². The number of hydrogen-bond donors (Lipinski definition) is 0. The van der Waals surface area contributed by atoms with Crippen LogP contribution in [-0.2, 0) is 0 Å². The van der Waals surface area contributed by atoms with Crippen LogP contribution in [0.25, 0.3) is 82.8 Å². The van der Waals surface area contributed by atoms with E-state index in [1.165, 1.54) is 32.6 Å². The lowest BCUT2D eigenvalue weighted by molar-refractivity contribution is 1.16. The van der Waals surface area contributed by atoms with Crippen LogP contribution in [0.5, 0.6) is 0 Å². The molecule has 45 heavy (non-hydrogen) atoms. The number of aromatic nitrogens is 5. The second-order valence-electron chi connectivity index (χ2n) is 11.1. The fourth-order valence-corrected chi connectivity index (χ4v) is 6.36. The molecule has 0 amide bonds. The number of para-hydroxylation sites is 1. The first kappa shape index (κ1) is 25.1. The fraction of sp³-hybridized carbons (Fsp3) is 0. The molecule has 0 spiro atoms. The summed E-state index contributed by atoms with van der Waals surface area (Å²) in [5.41, 5.74) is 8.22. The number of hydrogen-bond acceptors (Lipinski definition) is 5. The van der Waals surface area contributed by atoms with Crippen molar-refractivity contribution in [2.75, 3.05) is 0 Å². The van der Waals surface area contributed by atoms with Crippen molar-refractivity contribution in [3.05, 3.63) is 139 Å². The van der Waals surface area contributed by atoms with Crippen molar-refractivity contribution in [1.82, 2.24) is 24.5 Å². The van der Waals surface area contributed by atoms with E-state index in [-0.39, 0.29) is 0 Å². The van der Waals surface area contributed by atoms with Gasteiger partial charge >= 0.3 is 0 Å². The Kier molecular flexibility index (Phi) is 5.46. The highest BCUT2D eigenvalue weighted by molar-refractivity contribution is 6.13. The zero-order valence-corrected chi connectivity index (χ0v) is 23.9. The van der Waals surface area contributed by atoms with Gasteiger partial charge in [-0.3, -0.25) is 0 Å². The molecule has 9 rings (SSSR count). The molecule has 0 saturated carbocycles. The molecule has 208 valence electrons. The van der Waals surface area contributed by atoms with Crippen molar-refractivity contribution in [3.63, 3.8) is 0 Å². The zero-order valence-electron chi connectivity index (χ0n) is 23.9. The van der Waals surface area contributed by atoms with Gasteiger partial charge in [-0.15, -0.1) is 0 Å². The topological polar surface area (TPSA) is 80.3 Å². The van der Waals surface area contributed by atoms with Crippen LogP contribution in [0.2, 0.25) is 0 Å². The minimum absolute atomic E-state index is 0.477. The summed E-state index contributed by atoms with van der Waals surface area (Å²) >= 11 is 0. The summed E-state index contributed by atoms with van der Waals surface area (Å²) < 4.78 is 2.36. The molecular formula is C39H22N6. The van der Waals surface area contributed by atoms with Crippen LogP contribution in [-0.4, -0.2) is 24.5 Å². The molecule has 6 heteroatoms. The Morgan fingerprint density at radius 3 is 1.91 bits per heavy atom. The predicted molar refractivity (Wildman–Crippen MR) is 180 cm³/mol. The minimum Gasteiger partial charge on any atom is -0.309 e. The molecule has 0 radical (unpaired) electrons. The van der Waals surface area contributed by atoms with Crippen molar-refractivity contribution in [1.29, 1.82) is 5.26 Å². The van der Waals surface area contributed by atoms with Crippen LogP contribution >= 0.6 is 0 Å². The third-order valence-corrected chi connectivity index (χ3v) is 8.50. The van der Waals surface area contributed by atoms with E-state index in [1.807, 2.05) is 12.1 Å². The van der Waals surface area contributed by atoms with Crippen molar-refractivity contribution in [2.45, 2.75) is 0 Å². The van der Waals surface area contributed by atoms with Gasteiger partial charge in [0.15, 0.2) is 11.3 Å².